The van der Waals surface area contributed by atoms with Gasteiger partial charge in [-0.2, -0.15) is 0 Å². The summed E-state index contributed by atoms with van der Waals surface area (Å²) in [6.07, 6.45) is 0.548. The van der Waals surface area contributed by atoms with Crippen LogP contribution in [0.5, 0.6) is 0 Å². The lowest BCUT2D eigenvalue weighted by Gasteiger charge is -2.17. The molecule has 3 rings (SSSR count). The van der Waals surface area contributed by atoms with Gasteiger partial charge in [0.2, 0.25) is 5.91 Å². The van der Waals surface area contributed by atoms with Crippen LogP contribution in [0.3, 0.4) is 0 Å². The second-order valence-corrected chi connectivity index (χ2v) is 7.97. The normalized spacial score (nSPS) is 19.2. The van der Waals surface area contributed by atoms with Crippen molar-refractivity contribution in [1.82, 2.24) is 4.90 Å². The molecule has 0 spiro atoms. The third-order valence-electron chi connectivity index (χ3n) is 4.72. The fourth-order valence-corrected chi connectivity index (χ4v) is 4.30. The largest absolute Gasteiger partial charge is 0.342 e. The zero-order valence-corrected chi connectivity index (χ0v) is 16.9. The molecule has 0 aromatic heterocycles. The van der Waals surface area contributed by atoms with Gasteiger partial charge in [-0.25, -0.2) is 0 Å². The summed E-state index contributed by atoms with van der Waals surface area (Å²) in [5, 5.41) is 0.734. The number of carbonyl (C=O) groups excluding carboxylic acids is 1. The number of likely N-dealkylation sites (tertiary alicyclic amines) is 1. The van der Waals surface area contributed by atoms with E-state index in [1.165, 1.54) is 5.56 Å². The monoisotopic (exact) mass is 410 g/mol. The molecule has 0 saturated carbocycles. The molecule has 1 aliphatic rings. The molecular formula is C20H24Cl2N2OS. The number of thioether (sulfide) groups is 1. The summed E-state index contributed by atoms with van der Waals surface area (Å²) in [5.41, 5.74) is 7.24. The number of hydrogen-bond acceptors (Lipinski definition) is 3. The van der Waals surface area contributed by atoms with Crippen molar-refractivity contribution in [1.29, 1.82) is 0 Å². The number of nitrogens with two attached hydrogens (primary N) is 1. The van der Waals surface area contributed by atoms with Crippen molar-refractivity contribution in [3.63, 3.8) is 0 Å². The summed E-state index contributed by atoms with van der Waals surface area (Å²) in [5.74, 6) is 1.69. The molecule has 1 fully saturated rings. The minimum Gasteiger partial charge on any atom is -0.342 e. The number of halogens is 2. The van der Waals surface area contributed by atoms with E-state index >= 15 is 0 Å². The summed E-state index contributed by atoms with van der Waals surface area (Å²) < 4.78 is 0. The SMILES string of the molecule is Cl.NC[C@@H]1CN(C(=O)CCSc2ccc(Cl)cc2)C[C@H]1c1ccccc1. The number of rotatable bonds is 6. The summed E-state index contributed by atoms with van der Waals surface area (Å²) >= 11 is 7.58. The molecule has 0 unspecified atom stereocenters. The highest BCUT2D eigenvalue weighted by molar-refractivity contribution is 7.99. The minimum absolute atomic E-state index is 0. The summed E-state index contributed by atoms with van der Waals surface area (Å²) in [4.78, 5) is 15.7. The molecule has 1 heterocycles. The third-order valence-corrected chi connectivity index (χ3v) is 5.99. The maximum Gasteiger partial charge on any atom is 0.223 e. The summed E-state index contributed by atoms with van der Waals surface area (Å²) in [7, 11) is 0. The minimum atomic E-state index is 0. The molecule has 2 N–H and O–H groups in total. The molecule has 1 amide bonds. The van der Waals surface area contributed by atoms with Gasteiger partial charge in [-0.1, -0.05) is 41.9 Å². The van der Waals surface area contributed by atoms with Crippen molar-refractivity contribution in [3.05, 3.63) is 65.2 Å². The first kappa shape index (κ1) is 21.1. The fourth-order valence-electron chi connectivity index (χ4n) is 3.34. The highest BCUT2D eigenvalue weighted by atomic mass is 35.5. The number of amides is 1. The molecule has 3 nitrogen and oxygen atoms in total. The Labute approximate surface area is 170 Å². The summed E-state index contributed by atoms with van der Waals surface area (Å²) in [6.45, 7) is 2.15. The summed E-state index contributed by atoms with van der Waals surface area (Å²) in [6, 6.07) is 18.1. The van der Waals surface area contributed by atoms with Gasteiger partial charge in [0.1, 0.15) is 0 Å². The van der Waals surface area contributed by atoms with Crippen LogP contribution in [-0.2, 0) is 4.79 Å². The van der Waals surface area contributed by atoms with Crippen LogP contribution in [0.15, 0.2) is 59.5 Å². The van der Waals surface area contributed by atoms with Crippen LogP contribution < -0.4 is 5.73 Å². The van der Waals surface area contributed by atoms with E-state index in [1.54, 1.807) is 11.8 Å². The maximum absolute atomic E-state index is 12.6. The lowest BCUT2D eigenvalue weighted by atomic mass is 9.89. The second kappa shape index (κ2) is 10.2. The standard InChI is InChI=1S/C20H23ClN2OS.ClH/c21-17-6-8-18(9-7-17)25-11-10-20(24)23-13-16(12-22)19(14-23)15-4-2-1-3-5-15;/h1-9,16,19H,10-14,22H2;1H/t16-,19+;/m1./s1. The predicted octanol–water partition coefficient (Wildman–Crippen LogP) is 4.44. The molecule has 140 valence electrons. The quantitative estimate of drug-likeness (QED) is 0.715. The van der Waals surface area contributed by atoms with Crippen molar-refractivity contribution in [2.45, 2.75) is 17.2 Å². The van der Waals surface area contributed by atoms with Crippen LogP contribution in [0.2, 0.25) is 5.02 Å². The van der Waals surface area contributed by atoms with Crippen LogP contribution in [0.4, 0.5) is 0 Å². The lowest BCUT2D eigenvalue weighted by Crippen LogP contribution is -2.30. The lowest BCUT2D eigenvalue weighted by molar-refractivity contribution is -0.129. The van der Waals surface area contributed by atoms with Crippen molar-refractivity contribution < 1.29 is 4.79 Å². The number of hydrogen-bond donors (Lipinski definition) is 1. The molecule has 2 atom stereocenters. The molecule has 1 saturated heterocycles. The Morgan fingerprint density at radius 2 is 1.81 bits per heavy atom. The Hall–Kier alpha value is -1.20. The van der Waals surface area contributed by atoms with E-state index in [0.29, 0.717) is 24.8 Å². The van der Waals surface area contributed by atoms with Crippen molar-refractivity contribution >= 4 is 41.7 Å². The van der Waals surface area contributed by atoms with Crippen molar-refractivity contribution in [2.24, 2.45) is 11.7 Å². The Kier molecular flexibility index (Phi) is 8.29. The molecule has 0 radical (unpaired) electrons. The maximum atomic E-state index is 12.6. The zero-order chi connectivity index (χ0) is 17.6. The first-order chi connectivity index (χ1) is 12.2. The Morgan fingerprint density at radius 3 is 2.46 bits per heavy atom. The van der Waals surface area contributed by atoms with E-state index in [0.717, 1.165) is 28.8 Å². The third kappa shape index (κ3) is 5.40. The molecule has 6 heteroatoms. The first-order valence-corrected chi connectivity index (χ1v) is 9.95. The van der Waals surface area contributed by atoms with Crippen molar-refractivity contribution in [3.8, 4) is 0 Å². The number of carbonyl (C=O) groups is 1. The first-order valence-electron chi connectivity index (χ1n) is 8.58. The van der Waals surface area contributed by atoms with Gasteiger partial charge in [-0.3, -0.25) is 4.79 Å². The van der Waals surface area contributed by atoms with Crippen molar-refractivity contribution in [2.75, 3.05) is 25.4 Å². The van der Waals surface area contributed by atoms with Crippen LogP contribution >= 0.6 is 35.8 Å². The Bertz CT molecular complexity index is 697. The Morgan fingerprint density at radius 1 is 1.12 bits per heavy atom. The van der Waals surface area contributed by atoms with Gasteiger partial charge in [0.25, 0.3) is 0 Å². The highest BCUT2D eigenvalue weighted by Crippen LogP contribution is 2.32. The second-order valence-electron chi connectivity index (χ2n) is 6.36. The molecule has 2 aromatic rings. The van der Waals surface area contributed by atoms with Crippen LogP contribution in [0.1, 0.15) is 17.9 Å². The molecule has 2 aromatic carbocycles. The van der Waals surface area contributed by atoms with E-state index in [1.807, 2.05) is 35.2 Å². The fraction of sp³-hybridized carbons (Fsp3) is 0.350. The Balaban J connectivity index is 0.00000243. The van der Waals surface area contributed by atoms with E-state index in [9.17, 15) is 4.79 Å². The van der Waals surface area contributed by atoms with Gasteiger partial charge in [-0.15, -0.1) is 24.2 Å². The van der Waals surface area contributed by atoms with Gasteiger partial charge in [0.05, 0.1) is 0 Å². The van der Waals surface area contributed by atoms with Crippen LogP contribution in [0.25, 0.3) is 0 Å². The smallest absolute Gasteiger partial charge is 0.223 e. The van der Waals surface area contributed by atoms with Gasteiger partial charge in [0, 0.05) is 41.1 Å². The topological polar surface area (TPSA) is 46.3 Å². The van der Waals surface area contributed by atoms with E-state index in [-0.39, 0.29) is 18.3 Å². The van der Waals surface area contributed by atoms with Gasteiger partial charge >= 0.3 is 0 Å². The molecule has 26 heavy (non-hydrogen) atoms. The van der Waals surface area contributed by atoms with E-state index in [4.69, 9.17) is 17.3 Å². The van der Waals surface area contributed by atoms with Gasteiger partial charge in [-0.05, 0) is 42.3 Å². The molecular weight excluding hydrogens is 387 g/mol. The molecule has 0 aliphatic carbocycles. The van der Waals surface area contributed by atoms with Gasteiger partial charge < -0.3 is 10.6 Å². The van der Waals surface area contributed by atoms with Crippen LogP contribution in [-0.4, -0.2) is 36.2 Å². The number of benzene rings is 2. The predicted molar refractivity (Wildman–Crippen MR) is 112 cm³/mol. The average molecular weight is 411 g/mol. The van der Waals surface area contributed by atoms with Gasteiger partial charge in [0.15, 0.2) is 0 Å². The zero-order valence-electron chi connectivity index (χ0n) is 14.5. The molecule has 0 bridgehead atoms. The number of nitrogens with zero attached hydrogens (tertiary/aromatic N) is 1. The average Bonchev–Trinajstić information content (AvgIpc) is 3.08. The molecule has 1 aliphatic heterocycles. The van der Waals surface area contributed by atoms with Crippen LogP contribution in [0, 0.1) is 5.92 Å². The van der Waals surface area contributed by atoms with E-state index in [2.05, 4.69) is 24.3 Å². The highest BCUT2D eigenvalue weighted by Gasteiger charge is 2.34. The van der Waals surface area contributed by atoms with E-state index < -0.39 is 0 Å².